The molecular weight excluding hydrogens is 188 g/mol. The molecule has 0 aromatic rings. The highest BCUT2D eigenvalue weighted by Gasteiger charge is 2.51. The Morgan fingerprint density at radius 2 is 1.93 bits per heavy atom. The minimum atomic E-state index is -0.361. The first-order valence-corrected chi connectivity index (χ1v) is 6.30. The lowest BCUT2D eigenvalue weighted by Gasteiger charge is -2.17. The van der Waals surface area contributed by atoms with Gasteiger partial charge >= 0.3 is 0 Å². The standard InChI is InChI=1S/C13H24O2/c1-4-5-6-7-10-15-13(8-9-13)12(14)11(2)3/h11H,4-10H2,1-3H3. The van der Waals surface area contributed by atoms with Gasteiger partial charge in [-0.1, -0.05) is 40.0 Å². The zero-order valence-electron chi connectivity index (χ0n) is 10.3. The number of ketones is 1. The van der Waals surface area contributed by atoms with E-state index in [1.807, 2.05) is 13.8 Å². The van der Waals surface area contributed by atoms with Crippen LogP contribution < -0.4 is 0 Å². The summed E-state index contributed by atoms with van der Waals surface area (Å²) in [6.07, 6.45) is 6.73. The van der Waals surface area contributed by atoms with Crippen molar-refractivity contribution in [3.63, 3.8) is 0 Å². The minimum Gasteiger partial charge on any atom is -0.367 e. The fourth-order valence-electron chi connectivity index (χ4n) is 1.90. The van der Waals surface area contributed by atoms with Gasteiger partial charge in [0.2, 0.25) is 0 Å². The number of hydrogen-bond acceptors (Lipinski definition) is 2. The number of unbranched alkanes of at least 4 members (excludes halogenated alkanes) is 3. The first-order chi connectivity index (χ1) is 7.12. The molecule has 2 heteroatoms. The quantitative estimate of drug-likeness (QED) is 0.577. The van der Waals surface area contributed by atoms with Crippen LogP contribution in [0.2, 0.25) is 0 Å². The molecule has 0 atom stereocenters. The first-order valence-electron chi connectivity index (χ1n) is 6.30. The molecule has 0 saturated heterocycles. The van der Waals surface area contributed by atoms with E-state index in [0.717, 1.165) is 25.9 Å². The summed E-state index contributed by atoms with van der Waals surface area (Å²) in [7, 11) is 0. The van der Waals surface area contributed by atoms with Gasteiger partial charge in [0.15, 0.2) is 5.78 Å². The van der Waals surface area contributed by atoms with Gasteiger partial charge in [-0.05, 0) is 19.3 Å². The predicted molar refractivity (Wildman–Crippen MR) is 61.9 cm³/mol. The van der Waals surface area contributed by atoms with Gasteiger partial charge < -0.3 is 4.74 Å². The van der Waals surface area contributed by atoms with Gasteiger partial charge in [0, 0.05) is 12.5 Å². The van der Waals surface area contributed by atoms with Crippen LogP contribution in [0.5, 0.6) is 0 Å². The molecule has 1 aliphatic carbocycles. The molecule has 88 valence electrons. The summed E-state index contributed by atoms with van der Waals surface area (Å²) in [4.78, 5) is 11.8. The molecular formula is C13H24O2. The molecule has 0 unspecified atom stereocenters. The number of Topliss-reactive ketones (excluding diaryl/α,β-unsaturated/α-hetero) is 1. The van der Waals surface area contributed by atoms with Crippen LogP contribution in [-0.4, -0.2) is 18.0 Å². The Hall–Kier alpha value is -0.370. The molecule has 0 bridgehead atoms. The largest absolute Gasteiger partial charge is 0.367 e. The fraction of sp³-hybridized carbons (Fsp3) is 0.923. The van der Waals surface area contributed by atoms with Crippen LogP contribution in [0.3, 0.4) is 0 Å². The van der Waals surface area contributed by atoms with E-state index in [1.165, 1.54) is 19.3 Å². The van der Waals surface area contributed by atoms with Crippen LogP contribution in [0.1, 0.15) is 59.3 Å². The average molecular weight is 212 g/mol. The lowest BCUT2D eigenvalue weighted by atomic mass is 10.0. The van der Waals surface area contributed by atoms with Crippen LogP contribution in [0.25, 0.3) is 0 Å². The van der Waals surface area contributed by atoms with Gasteiger partial charge in [-0.25, -0.2) is 0 Å². The van der Waals surface area contributed by atoms with Crippen molar-refractivity contribution in [1.29, 1.82) is 0 Å². The fourth-order valence-corrected chi connectivity index (χ4v) is 1.90. The van der Waals surface area contributed by atoms with Gasteiger partial charge in [-0.3, -0.25) is 4.79 Å². The Morgan fingerprint density at radius 1 is 1.27 bits per heavy atom. The number of carbonyl (C=O) groups excluding carboxylic acids is 1. The highest BCUT2D eigenvalue weighted by Crippen LogP contribution is 2.42. The third-order valence-corrected chi connectivity index (χ3v) is 3.05. The molecule has 1 fully saturated rings. The summed E-state index contributed by atoms with van der Waals surface area (Å²) in [6.45, 7) is 6.88. The molecule has 1 aliphatic rings. The highest BCUT2D eigenvalue weighted by molar-refractivity contribution is 5.91. The van der Waals surface area contributed by atoms with Crippen molar-refractivity contribution in [1.82, 2.24) is 0 Å². The molecule has 0 aromatic heterocycles. The smallest absolute Gasteiger partial charge is 0.167 e. The van der Waals surface area contributed by atoms with Gasteiger partial charge in [0.25, 0.3) is 0 Å². The molecule has 0 aromatic carbocycles. The molecule has 0 amide bonds. The zero-order chi connectivity index (χ0) is 11.3. The lowest BCUT2D eigenvalue weighted by molar-refractivity contribution is -0.136. The zero-order valence-corrected chi connectivity index (χ0v) is 10.3. The summed E-state index contributed by atoms with van der Waals surface area (Å²) in [5.74, 6) is 0.418. The highest BCUT2D eigenvalue weighted by atomic mass is 16.5. The Kier molecular flexibility index (Phi) is 4.78. The molecule has 1 rings (SSSR count). The van der Waals surface area contributed by atoms with Gasteiger partial charge in [0.05, 0.1) is 0 Å². The molecule has 0 spiro atoms. The summed E-state index contributed by atoms with van der Waals surface area (Å²) in [5.41, 5.74) is -0.361. The Bertz CT molecular complexity index is 205. The van der Waals surface area contributed by atoms with Crippen molar-refractivity contribution in [2.24, 2.45) is 5.92 Å². The number of carbonyl (C=O) groups is 1. The van der Waals surface area contributed by atoms with Crippen LogP contribution in [0, 0.1) is 5.92 Å². The van der Waals surface area contributed by atoms with E-state index in [-0.39, 0.29) is 11.5 Å². The van der Waals surface area contributed by atoms with E-state index < -0.39 is 0 Å². The number of ether oxygens (including phenoxy) is 1. The van der Waals surface area contributed by atoms with Gasteiger partial charge in [0.1, 0.15) is 5.60 Å². The van der Waals surface area contributed by atoms with E-state index in [1.54, 1.807) is 0 Å². The first kappa shape index (κ1) is 12.7. The predicted octanol–water partition coefficient (Wildman–Crippen LogP) is 3.34. The second-order valence-electron chi connectivity index (χ2n) is 4.92. The van der Waals surface area contributed by atoms with E-state index in [9.17, 15) is 4.79 Å². The molecule has 0 aliphatic heterocycles. The third kappa shape index (κ3) is 3.60. The number of rotatable bonds is 8. The maximum Gasteiger partial charge on any atom is 0.167 e. The summed E-state index contributed by atoms with van der Waals surface area (Å²) in [5, 5.41) is 0. The Morgan fingerprint density at radius 3 is 2.40 bits per heavy atom. The van der Waals surface area contributed by atoms with Crippen molar-refractivity contribution in [3.05, 3.63) is 0 Å². The maximum absolute atomic E-state index is 11.8. The van der Waals surface area contributed by atoms with Crippen LogP contribution in [-0.2, 0) is 9.53 Å². The van der Waals surface area contributed by atoms with Gasteiger partial charge in [-0.15, -0.1) is 0 Å². The van der Waals surface area contributed by atoms with Gasteiger partial charge in [-0.2, -0.15) is 0 Å². The minimum absolute atomic E-state index is 0.114. The van der Waals surface area contributed by atoms with Crippen LogP contribution in [0.4, 0.5) is 0 Å². The second-order valence-corrected chi connectivity index (χ2v) is 4.92. The average Bonchev–Trinajstić information content (AvgIpc) is 2.97. The summed E-state index contributed by atoms with van der Waals surface area (Å²) < 4.78 is 5.76. The number of hydrogen-bond donors (Lipinski definition) is 0. The molecule has 1 saturated carbocycles. The summed E-state index contributed by atoms with van der Waals surface area (Å²) >= 11 is 0. The van der Waals surface area contributed by atoms with E-state index in [4.69, 9.17) is 4.74 Å². The van der Waals surface area contributed by atoms with Crippen molar-refractivity contribution in [2.75, 3.05) is 6.61 Å². The van der Waals surface area contributed by atoms with E-state index >= 15 is 0 Å². The van der Waals surface area contributed by atoms with Crippen molar-refractivity contribution < 1.29 is 9.53 Å². The summed E-state index contributed by atoms with van der Waals surface area (Å²) in [6, 6.07) is 0. The maximum atomic E-state index is 11.8. The van der Waals surface area contributed by atoms with Crippen molar-refractivity contribution >= 4 is 5.78 Å². The molecule has 0 N–H and O–H groups in total. The molecule has 2 nitrogen and oxygen atoms in total. The molecule has 0 heterocycles. The normalized spacial score (nSPS) is 18.1. The second kappa shape index (κ2) is 5.64. The SMILES string of the molecule is CCCCCCOC1(C(=O)C(C)C)CC1. The van der Waals surface area contributed by atoms with E-state index in [0.29, 0.717) is 5.78 Å². The van der Waals surface area contributed by atoms with Crippen molar-refractivity contribution in [3.8, 4) is 0 Å². The third-order valence-electron chi connectivity index (χ3n) is 3.05. The monoisotopic (exact) mass is 212 g/mol. The molecule has 15 heavy (non-hydrogen) atoms. The molecule has 0 radical (unpaired) electrons. The van der Waals surface area contributed by atoms with E-state index in [2.05, 4.69) is 6.92 Å². The van der Waals surface area contributed by atoms with Crippen molar-refractivity contribution in [2.45, 2.75) is 64.9 Å². The van der Waals surface area contributed by atoms with Crippen LogP contribution in [0.15, 0.2) is 0 Å². The van der Waals surface area contributed by atoms with Crippen LogP contribution >= 0.6 is 0 Å². The lowest BCUT2D eigenvalue weighted by Crippen LogP contribution is -2.30. The Labute approximate surface area is 93.4 Å². The topological polar surface area (TPSA) is 26.3 Å². The Balaban J connectivity index is 2.17.